The number of carbonyl (C=O) groups is 1. The molecule has 0 aliphatic carbocycles. The van der Waals surface area contributed by atoms with Gasteiger partial charge in [-0.2, -0.15) is 0 Å². The Kier molecular flexibility index (Phi) is 6.50. The molecule has 0 bridgehead atoms. The maximum atomic E-state index is 13.2. The van der Waals surface area contributed by atoms with E-state index in [9.17, 15) is 9.18 Å². The SMILES string of the molecule is CC(N)C(C)C(=O)NCC(c1ccc(F)cc1)N1CCOCC1. The van der Waals surface area contributed by atoms with Crippen LogP contribution in [0.25, 0.3) is 0 Å². The van der Waals surface area contributed by atoms with Gasteiger partial charge in [0, 0.05) is 31.6 Å². The number of carbonyl (C=O) groups excluding carboxylic acids is 1. The molecule has 1 amide bonds. The molecular formula is C17H26FN3O2. The van der Waals surface area contributed by atoms with Gasteiger partial charge in [-0.05, 0) is 24.6 Å². The van der Waals surface area contributed by atoms with Gasteiger partial charge in [-0.3, -0.25) is 9.69 Å². The number of nitrogens with two attached hydrogens (primary N) is 1. The molecule has 2 rings (SSSR count). The number of hydrogen-bond donors (Lipinski definition) is 2. The van der Waals surface area contributed by atoms with Crippen molar-refractivity contribution in [3.8, 4) is 0 Å². The van der Waals surface area contributed by atoms with Crippen LogP contribution in [-0.2, 0) is 9.53 Å². The molecule has 3 N–H and O–H groups in total. The van der Waals surface area contributed by atoms with Gasteiger partial charge in [-0.15, -0.1) is 0 Å². The van der Waals surface area contributed by atoms with E-state index >= 15 is 0 Å². The summed E-state index contributed by atoms with van der Waals surface area (Å²) in [7, 11) is 0. The van der Waals surface area contributed by atoms with Crippen LogP contribution in [0.15, 0.2) is 24.3 Å². The third-order valence-electron chi connectivity index (χ3n) is 4.41. The molecule has 1 heterocycles. The zero-order chi connectivity index (χ0) is 16.8. The smallest absolute Gasteiger partial charge is 0.224 e. The van der Waals surface area contributed by atoms with Crippen molar-refractivity contribution in [2.75, 3.05) is 32.8 Å². The molecule has 1 fully saturated rings. The van der Waals surface area contributed by atoms with Gasteiger partial charge in [-0.25, -0.2) is 4.39 Å². The van der Waals surface area contributed by atoms with Crippen LogP contribution in [0.5, 0.6) is 0 Å². The Morgan fingerprint density at radius 3 is 2.48 bits per heavy atom. The summed E-state index contributed by atoms with van der Waals surface area (Å²) in [5.74, 6) is -0.557. The number of benzene rings is 1. The third-order valence-corrected chi connectivity index (χ3v) is 4.41. The minimum absolute atomic E-state index is 0.00345. The van der Waals surface area contributed by atoms with Gasteiger partial charge in [-0.1, -0.05) is 19.1 Å². The van der Waals surface area contributed by atoms with Gasteiger partial charge in [0.15, 0.2) is 0 Å². The van der Waals surface area contributed by atoms with Crippen molar-refractivity contribution < 1.29 is 13.9 Å². The molecule has 0 saturated carbocycles. The maximum absolute atomic E-state index is 13.2. The van der Waals surface area contributed by atoms with E-state index in [1.807, 2.05) is 13.8 Å². The first-order valence-corrected chi connectivity index (χ1v) is 8.09. The van der Waals surface area contributed by atoms with Crippen LogP contribution in [0, 0.1) is 11.7 Å². The fourth-order valence-electron chi connectivity index (χ4n) is 2.63. The summed E-state index contributed by atoms with van der Waals surface area (Å²) < 4.78 is 18.6. The summed E-state index contributed by atoms with van der Waals surface area (Å²) in [5, 5.41) is 2.98. The molecule has 0 spiro atoms. The Labute approximate surface area is 137 Å². The molecule has 1 aromatic carbocycles. The van der Waals surface area contributed by atoms with Gasteiger partial charge in [0.2, 0.25) is 5.91 Å². The molecule has 128 valence electrons. The molecule has 1 aromatic rings. The molecule has 3 unspecified atom stereocenters. The quantitative estimate of drug-likeness (QED) is 0.828. The zero-order valence-electron chi connectivity index (χ0n) is 13.8. The zero-order valence-corrected chi connectivity index (χ0v) is 13.8. The maximum Gasteiger partial charge on any atom is 0.224 e. The molecule has 23 heavy (non-hydrogen) atoms. The van der Waals surface area contributed by atoms with Crippen LogP contribution in [-0.4, -0.2) is 49.7 Å². The van der Waals surface area contributed by atoms with E-state index in [1.165, 1.54) is 12.1 Å². The van der Waals surface area contributed by atoms with Crippen molar-refractivity contribution in [2.24, 2.45) is 11.7 Å². The van der Waals surface area contributed by atoms with E-state index in [0.29, 0.717) is 19.8 Å². The van der Waals surface area contributed by atoms with Gasteiger partial charge in [0.25, 0.3) is 0 Å². The van der Waals surface area contributed by atoms with Crippen LogP contribution < -0.4 is 11.1 Å². The van der Waals surface area contributed by atoms with Crippen LogP contribution in [0.2, 0.25) is 0 Å². The number of nitrogens with zero attached hydrogens (tertiary/aromatic N) is 1. The van der Waals surface area contributed by atoms with Gasteiger partial charge in [0.1, 0.15) is 5.82 Å². The monoisotopic (exact) mass is 323 g/mol. The fourth-order valence-corrected chi connectivity index (χ4v) is 2.63. The van der Waals surface area contributed by atoms with Crippen molar-refractivity contribution in [2.45, 2.75) is 25.9 Å². The highest BCUT2D eigenvalue weighted by molar-refractivity contribution is 5.78. The first kappa shape index (κ1) is 17.8. The average molecular weight is 323 g/mol. The Hall–Kier alpha value is -1.50. The normalized spacial score (nSPS) is 19.8. The molecule has 1 aliphatic heterocycles. The predicted molar refractivity (Wildman–Crippen MR) is 87.4 cm³/mol. The second-order valence-electron chi connectivity index (χ2n) is 6.11. The highest BCUT2D eigenvalue weighted by Crippen LogP contribution is 2.22. The van der Waals surface area contributed by atoms with E-state index in [4.69, 9.17) is 10.5 Å². The molecule has 6 heteroatoms. The lowest BCUT2D eigenvalue weighted by atomic mass is 10.0. The van der Waals surface area contributed by atoms with Crippen LogP contribution >= 0.6 is 0 Å². The average Bonchev–Trinajstić information content (AvgIpc) is 2.56. The van der Waals surface area contributed by atoms with Gasteiger partial charge >= 0.3 is 0 Å². The van der Waals surface area contributed by atoms with Crippen LogP contribution in [0.1, 0.15) is 25.5 Å². The summed E-state index contributed by atoms with van der Waals surface area (Å²) in [4.78, 5) is 14.4. The summed E-state index contributed by atoms with van der Waals surface area (Å²) >= 11 is 0. The van der Waals surface area contributed by atoms with Crippen molar-refractivity contribution in [3.63, 3.8) is 0 Å². The number of ether oxygens (including phenoxy) is 1. The Bertz CT molecular complexity index is 501. The van der Waals surface area contributed by atoms with E-state index in [1.54, 1.807) is 12.1 Å². The van der Waals surface area contributed by atoms with Crippen molar-refractivity contribution in [1.29, 1.82) is 0 Å². The first-order chi connectivity index (χ1) is 11.0. The number of morpholine rings is 1. The number of amides is 1. The Balaban J connectivity index is 2.07. The number of halogens is 1. The summed E-state index contributed by atoms with van der Waals surface area (Å²) in [6.45, 7) is 7.04. The number of nitrogens with one attached hydrogen (secondary N) is 1. The highest BCUT2D eigenvalue weighted by atomic mass is 19.1. The first-order valence-electron chi connectivity index (χ1n) is 8.09. The Morgan fingerprint density at radius 1 is 1.30 bits per heavy atom. The molecular weight excluding hydrogens is 297 g/mol. The number of hydrogen-bond acceptors (Lipinski definition) is 4. The highest BCUT2D eigenvalue weighted by Gasteiger charge is 2.24. The van der Waals surface area contributed by atoms with Crippen molar-refractivity contribution in [1.82, 2.24) is 10.2 Å². The second kappa shape index (κ2) is 8.38. The molecule has 1 aliphatic rings. The minimum Gasteiger partial charge on any atom is -0.379 e. The van der Waals surface area contributed by atoms with E-state index in [2.05, 4.69) is 10.2 Å². The van der Waals surface area contributed by atoms with Crippen LogP contribution in [0.4, 0.5) is 4.39 Å². The summed E-state index contributed by atoms with van der Waals surface area (Å²) in [6, 6.07) is 6.27. The predicted octanol–water partition coefficient (Wildman–Crippen LogP) is 1.30. The topological polar surface area (TPSA) is 67.6 Å². The standard InChI is InChI=1S/C17H26FN3O2/c1-12(13(2)19)17(22)20-11-16(21-7-9-23-10-8-21)14-3-5-15(18)6-4-14/h3-6,12-13,16H,7-11,19H2,1-2H3,(H,20,22). The van der Waals surface area contributed by atoms with Gasteiger partial charge < -0.3 is 15.8 Å². The van der Waals surface area contributed by atoms with Crippen molar-refractivity contribution >= 4 is 5.91 Å². The van der Waals surface area contributed by atoms with E-state index < -0.39 is 0 Å². The third kappa shape index (κ3) is 4.99. The van der Waals surface area contributed by atoms with Crippen LogP contribution in [0.3, 0.4) is 0 Å². The van der Waals surface area contributed by atoms with E-state index in [0.717, 1.165) is 18.7 Å². The molecule has 3 atom stereocenters. The van der Waals surface area contributed by atoms with Gasteiger partial charge in [0.05, 0.1) is 19.3 Å². The lowest BCUT2D eigenvalue weighted by molar-refractivity contribution is -0.125. The second-order valence-corrected chi connectivity index (χ2v) is 6.11. The number of rotatable bonds is 6. The fraction of sp³-hybridized carbons (Fsp3) is 0.588. The largest absolute Gasteiger partial charge is 0.379 e. The summed E-state index contributed by atoms with van der Waals surface area (Å²) in [5.41, 5.74) is 6.77. The summed E-state index contributed by atoms with van der Waals surface area (Å²) in [6.07, 6.45) is 0. The molecule has 1 saturated heterocycles. The minimum atomic E-state index is -0.260. The molecule has 0 radical (unpaired) electrons. The molecule has 0 aromatic heterocycles. The lowest BCUT2D eigenvalue weighted by Crippen LogP contribution is -2.46. The molecule has 5 nitrogen and oxygen atoms in total. The Morgan fingerprint density at radius 2 is 1.91 bits per heavy atom. The van der Waals surface area contributed by atoms with Crippen molar-refractivity contribution in [3.05, 3.63) is 35.6 Å². The lowest BCUT2D eigenvalue weighted by Gasteiger charge is -2.35. The van der Waals surface area contributed by atoms with E-state index in [-0.39, 0.29) is 29.7 Å².